The van der Waals surface area contributed by atoms with Crippen LogP contribution in [-0.4, -0.2) is 15.9 Å². The summed E-state index contributed by atoms with van der Waals surface area (Å²) >= 11 is 0. The smallest absolute Gasteiger partial charge is 0.155 e. The second kappa shape index (κ2) is 9.72. The number of hydrogen-bond acceptors (Lipinski definition) is 3. The van der Waals surface area contributed by atoms with Gasteiger partial charge in [-0.15, -0.1) is 34.9 Å². The number of hydrogen-bond donors (Lipinski definition) is 1. The molecular weight excluding hydrogens is 563 g/mol. The molecule has 1 aromatic heterocycles. The van der Waals surface area contributed by atoms with Gasteiger partial charge in [0.05, 0.1) is 5.76 Å². The number of ketones is 1. The quantitative estimate of drug-likeness (QED) is 0.206. The average Bonchev–Trinajstić information content (AvgIpc) is 2.63. The molecule has 0 atom stereocenters. The minimum atomic E-state index is -0.125. The molecule has 3 nitrogen and oxygen atoms in total. The fourth-order valence-corrected chi connectivity index (χ4v) is 3.88. The number of aryl methyl sites for hydroxylation is 2. The summed E-state index contributed by atoms with van der Waals surface area (Å²) in [4.78, 5) is 14.9. The fourth-order valence-electron chi connectivity index (χ4n) is 3.88. The molecule has 0 fully saturated rings. The zero-order chi connectivity index (χ0) is 22.1. The molecule has 4 rings (SSSR count). The van der Waals surface area contributed by atoms with E-state index in [4.69, 9.17) is 10.1 Å². The third kappa shape index (κ3) is 5.58. The van der Waals surface area contributed by atoms with Gasteiger partial charge >= 0.3 is 0 Å². The number of rotatable bonds is 2. The number of aliphatic hydroxyl groups excluding tert-OH is 1. The third-order valence-electron chi connectivity index (χ3n) is 5.13. The molecular formula is C27H28IrNO2-. The van der Waals surface area contributed by atoms with Crippen molar-refractivity contribution in [3.8, 4) is 11.3 Å². The van der Waals surface area contributed by atoms with Gasteiger partial charge in [-0.05, 0) is 41.4 Å². The van der Waals surface area contributed by atoms with E-state index in [9.17, 15) is 4.79 Å². The molecule has 0 unspecified atom stereocenters. The second-order valence-electron chi connectivity index (χ2n) is 8.50. The third-order valence-corrected chi connectivity index (χ3v) is 5.13. The topological polar surface area (TPSA) is 50.2 Å². The van der Waals surface area contributed by atoms with Crippen molar-refractivity contribution in [1.29, 1.82) is 0 Å². The van der Waals surface area contributed by atoms with Crippen LogP contribution in [0.25, 0.3) is 28.1 Å². The molecule has 1 aliphatic carbocycles. The van der Waals surface area contributed by atoms with Crippen LogP contribution in [0.4, 0.5) is 0 Å². The predicted molar refractivity (Wildman–Crippen MR) is 125 cm³/mol. The first-order chi connectivity index (χ1) is 14.1. The molecule has 2 aromatic carbocycles. The maximum Gasteiger partial charge on any atom is 0.155 e. The number of benzene rings is 2. The van der Waals surface area contributed by atoms with E-state index in [0.29, 0.717) is 0 Å². The van der Waals surface area contributed by atoms with Gasteiger partial charge in [-0.2, -0.15) is 0 Å². The van der Waals surface area contributed by atoms with E-state index >= 15 is 0 Å². The number of aliphatic hydroxyl groups is 1. The summed E-state index contributed by atoms with van der Waals surface area (Å²) in [5.74, 6) is -0.0625. The largest absolute Gasteiger partial charge is 0.512 e. The first kappa shape index (κ1) is 24.7. The molecule has 3 aromatic rings. The van der Waals surface area contributed by atoms with Crippen molar-refractivity contribution in [1.82, 2.24) is 4.98 Å². The first-order valence-electron chi connectivity index (χ1n) is 10.1. The molecule has 4 heteroatoms. The summed E-state index contributed by atoms with van der Waals surface area (Å²) in [5, 5.41) is 10.9. The summed E-state index contributed by atoms with van der Waals surface area (Å²) in [7, 11) is 0. The van der Waals surface area contributed by atoms with E-state index in [-0.39, 0.29) is 37.1 Å². The van der Waals surface area contributed by atoms with Crippen LogP contribution >= 0.6 is 0 Å². The SMILES string of the molecule is CC(=O)/C=C(/C)O.Cc1[c-]c(-c2ncc3c4c(cccc24)C=CC3(C)C)cc(C)c1.[Ir]. The minimum Gasteiger partial charge on any atom is -0.512 e. The Morgan fingerprint density at radius 3 is 2.45 bits per heavy atom. The van der Waals surface area contributed by atoms with Gasteiger partial charge in [0.1, 0.15) is 0 Å². The van der Waals surface area contributed by atoms with Crippen LogP contribution < -0.4 is 0 Å². The van der Waals surface area contributed by atoms with Crippen LogP contribution in [0.3, 0.4) is 0 Å². The Morgan fingerprint density at radius 1 is 1.16 bits per heavy atom. The monoisotopic (exact) mass is 591 g/mol. The zero-order valence-corrected chi connectivity index (χ0v) is 21.2. The molecule has 163 valence electrons. The summed E-state index contributed by atoms with van der Waals surface area (Å²) < 4.78 is 0. The molecule has 0 saturated carbocycles. The number of aromatic nitrogens is 1. The van der Waals surface area contributed by atoms with Crippen LogP contribution in [0, 0.1) is 19.9 Å². The molecule has 1 aliphatic rings. The molecule has 0 bridgehead atoms. The van der Waals surface area contributed by atoms with Crippen LogP contribution in [0.15, 0.2) is 54.4 Å². The second-order valence-corrected chi connectivity index (χ2v) is 8.50. The van der Waals surface area contributed by atoms with Gasteiger partial charge in [0, 0.05) is 37.8 Å². The van der Waals surface area contributed by atoms with E-state index in [0.717, 1.165) is 16.8 Å². The molecule has 0 spiro atoms. The van der Waals surface area contributed by atoms with Crippen molar-refractivity contribution in [2.75, 3.05) is 0 Å². The number of carbonyl (C=O) groups excluding carboxylic acids is 1. The van der Waals surface area contributed by atoms with Crippen molar-refractivity contribution in [2.45, 2.75) is 47.0 Å². The molecule has 1 radical (unpaired) electrons. The van der Waals surface area contributed by atoms with Crippen LogP contribution in [0.2, 0.25) is 0 Å². The number of nitrogens with zero attached hydrogens (tertiary/aromatic N) is 1. The van der Waals surface area contributed by atoms with E-state index in [1.807, 2.05) is 0 Å². The van der Waals surface area contributed by atoms with Gasteiger partial charge in [-0.25, -0.2) is 0 Å². The van der Waals surface area contributed by atoms with Crippen LogP contribution in [0.1, 0.15) is 49.9 Å². The normalized spacial score (nSPS) is 13.8. The van der Waals surface area contributed by atoms with E-state index in [2.05, 4.69) is 82.4 Å². The van der Waals surface area contributed by atoms with Crippen LogP contribution in [0.5, 0.6) is 0 Å². The number of allylic oxidation sites excluding steroid dienone is 3. The van der Waals surface area contributed by atoms with E-state index in [1.54, 1.807) is 0 Å². The summed E-state index contributed by atoms with van der Waals surface area (Å²) in [6, 6.07) is 14.3. The van der Waals surface area contributed by atoms with Gasteiger partial charge in [0.2, 0.25) is 0 Å². The molecule has 1 N–H and O–H groups in total. The summed E-state index contributed by atoms with van der Waals surface area (Å²) in [6.45, 7) is 11.6. The van der Waals surface area contributed by atoms with Gasteiger partial charge in [0.15, 0.2) is 5.78 Å². The van der Waals surface area contributed by atoms with Crippen molar-refractivity contribution in [2.24, 2.45) is 0 Å². The first-order valence-corrected chi connectivity index (χ1v) is 10.1. The Kier molecular flexibility index (Phi) is 7.75. The van der Waals surface area contributed by atoms with Gasteiger partial charge in [-0.3, -0.25) is 4.79 Å². The molecule has 1 heterocycles. The van der Waals surface area contributed by atoms with Crippen molar-refractivity contribution in [3.05, 3.63) is 82.8 Å². The molecule has 0 saturated heterocycles. The molecule has 31 heavy (non-hydrogen) atoms. The fraction of sp³-hybridized carbons (Fsp3) is 0.259. The van der Waals surface area contributed by atoms with Gasteiger partial charge in [-0.1, -0.05) is 58.0 Å². The molecule has 0 amide bonds. The van der Waals surface area contributed by atoms with E-state index in [1.165, 1.54) is 47.4 Å². The number of carbonyl (C=O) groups is 1. The maximum absolute atomic E-state index is 10.0. The van der Waals surface area contributed by atoms with Gasteiger partial charge in [0.25, 0.3) is 0 Å². The maximum atomic E-state index is 10.0. The number of pyridine rings is 1. The summed E-state index contributed by atoms with van der Waals surface area (Å²) in [5.41, 5.74) is 7.12. The predicted octanol–water partition coefficient (Wildman–Crippen LogP) is 6.66. The minimum absolute atomic E-state index is 0. The van der Waals surface area contributed by atoms with Gasteiger partial charge < -0.3 is 10.1 Å². The van der Waals surface area contributed by atoms with Crippen molar-refractivity contribution in [3.63, 3.8) is 0 Å². The average molecular weight is 591 g/mol. The Balaban J connectivity index is 0.000000373. The Hall–Kier alpha value is -2.55. The van der Waals surface area contributed by atoms with E-state index < -0.39 is 0 Å². The Morgan fingerprint density at radius 2 is 1.87 bits per heavy atom. The standard InChI is InChI=1S/C22H20N.C5H8O2.Ir/c1-14-10-15(2)12-17(11-14)21-18-7-5-6-16-8-9-22(3,4)19(13-23-21)20(16)18;1-4(6)3-5(2)7;/h5-11,13H,1-4H3;3,6H,1-2H3;/q-1;;/b;4-3-;. The summed E-state index contributed by atoms with van der Waals surface area (Å²) in [6.07, 6.45) is 7.73. The van der Waals surface area contributed by atoms with Crippen molar-refractivity contribution < 1.29 is 30.0 Å². The van der Waals surface area contributed by atoms with Crippen LogP contribution in [-0.2, 0) is 30.3 Å². The Labute approximate surface area is 198 Å². The zero-order valence-electron chi connectivity index (χ0n) is 18.8. The van der Waals surface area contributed by atoms with Crippen molar-refractivity contribution >= 4 is 22.6 Å². The molecule has 0 aliphatic heterocycles. The Bertz CT molecular complexity index is 1170.